The number of halogens is 3. The van der Waals surface area contributed by atoms with Crippen LogP contribution in [0.25, 0.3) is 5.69 Å². The maximum absolute atomic E-state index is 13.0. The molecule has 0 fully saturated rings. The third-order valence-corrected chi connectivity index (χ3v) is 3.57. The molecule has 1 N–H and O–H groups in total. The van der Waals surface area contributed by atoms with Crippen molar-refractivity contribution in [2.75, 3.05) is 5.32 Å². The van der Waals surface area contributed by atoms with Crippen LogP contribution in [0.4, 0.5) is 18.9 Å². The van der Waals surface area contributed by atoms with Gasteiger partial charge >= 0.3 is 6.29 Å². The fraction of sp³-hybridized carbons (Fsp3) is 0.0588. The summed E-state index contributed by atoms with van der Waals surface area (Å²) in [5, 5.41) is 6.64. The smallest absolute Gasteiger partial charge is 0.395 e. The predicted molar refractivity (Wildman–Crippen MR) is 84.1 cm³/mol. The molecule has 0 unspecified atom stereocenters. The number of nitrogens with one attached hydrogen (secondary N) is 1. The highest BCUT2D eigenvalue weighted by Gasteiger charge is 2.43. The second-order valence-corrected chi connectivity index (χ2v) is 5.41. The Morgan fingerprint density at radius 2 is 1.77 bits per heavy atom. The molecule has 6 nitrogen and oxygen atoms in total. The van der Waals surface area contributed by atoms with Gasteiger partial charge in [0, 0.05) is 18.0 Å². The van der Waals surface area contributed by atoms with Crippen molar-refractivity contribution < 1.29 is 27.4 Å². The molecule has 0 aliphatic carbocycles. The van der Waals surface area contributed by atoms with E-state index in [2.05, 4.69) is 19.9 Å². The standard InChI is InChI=1S/C17H10F3N3O3/c18-10-1-4-12(5-2-10)23-8-7-13(22-23)16(24)21-11-3-6-14-15(9-11)26-17(19,20)25-14/h1-9H,(H,21,24). The van der Waals surface area contributed by atoms with Gasteiger partial charge in [-0.15, -0.1) is 8.78 Å². The van der Waals surface area contributed by atoms with Gasteiger partial charge in [0.2, 0.25) is 0 Å². The molecule has 0 saturated carbocycles. The molecule has 1 aliphatic heterocycles. The monoisotopic (exact) mass is 361 g/mol. The molecule has 3 aromatic rings. The zero-order valence-electron chi connectivity index (χ0n) is 12.9. The third-order valence-electron chi connectivity index (χ3n) is 3.57. The fourth-order valence-corrected chi connectivity index (χ4v) is 2.40. The largest absolute Gasteiger partial charge is 0.586 e. The lowest BCUT2D eigenvalue weighted by Crippen LogP contribution is -2.25. The number of aromatic nitrogens is 2. The topological polar surface area (TPSA) is 65.4 Å². The summed E-state index contributed by atoms with van der Waals surface area (Å²) in [5.74, 6) is -1.22. The van der Waals surface area contributed by atoms with Crippen molar-refractivity contribution in [2.45, 2.75) is 6.29 Å². The SMILES string of the molecule is O=C(Nc1ccc2c(c1)OC(F)(F)O2)c1ccn(-c2ccc(F)cc2)n1. The number of amides is 1. The maximum atomic E-state index is 13.0. The molecule has 4 rings (SSSR count). The quantitative estimate of drug-likeness (QED) is 0.774. The number of nitrogens with zero attached hydrogens (tertiary/aromatic N) is 2. The molecule has 1 aromatic heterocycles. The number of benzene rings is 2. The van der Waals surface area contributed by atoms with Crippen LogP contribution >= 0.6 is 0 Å². The highest BCUT2D eigenvalue weighted by Crippen LogP contribution is 2.42. The van der Waals surface area contributed by atoms with Gasteiger partial charge in [0.1, 0.15) is 5.82 Å². The van der Waals surface area contributed by atoms with Crippen molar-refractivity contribution in [2.24, 2.45) is 0 Å². The number of alkyl halides is 2. The van der Waals surface area contributed by atoms with E-state index in [4.69, 9.17) is 0 Å². The Balaban J connectivity index is 1.50. The number of carbonyl (C=O) groups is 1. The Labute approximate surface area is 144 Å². The summed E-state index contributed by atoms with van der Waals surface area (Å²) < 4.78 is 49.0. The van der Waals surface area contributed by atoms with Crippen LogP contribution in [0.1, 0.15) is 10.5 Å². The molecule has 1 amide bonds. The zero-order chi connectivity index (χ0) is 18.3. The summed E-state index contributed by atoms with van der Waals surface area (Å²) in [6.07, 6.45) is -2.18. The molecule has 2 aromatic carbocycles. The molecule has 0 atom stereocenters. The number of hydrogen-bond donors (Lipinski definition) is 1. The van der Waals surface area contributed by atoms with E-state index in [0.29, 0.717) is 5.69 Å². The first-order chi connectivity index (χ1) is 12.4. The molecule has 0 saturated heterocycles. The van der Waals surface area contributed by atoms with Gasteiger partial charge in [0.25, 0.3) is 5.91 Å². The number of rotatable bonds is 3. The summed E-state index contributed by atoms with van der Waals surface area (Å²) in [6.45, 7) is 0. The van der Waals surface area contributed by atoms with Crippen molar-refractivity contribution in [1.29, 1.82) is 0 Å². The first-order valence-electron chi connectivity index (χ1n) is 7.42. The van der Waals surface area contributed by atoms with Gasteiger partial charge in [-0.3, -0.25) is 4.79 Å². The molecule has 26 heavy (non-hydrogen) atoms. The fourth-order valence-electron chi connectivity index (χ4n) is 2.40. The third kappa shape index (κ3) is 3.06. The highest BCUT2D eigenvalue weighted by molar-refractivity contribution is 6.03. The minimum Gasteiger partial charge on any atom is -0.395 e. The molecule has 9 heteroatoms. The van der Waals surface area contributed by atoms with Crippen LogP contribution < -0.4 is 14.8 Å². The summed E-state index contributed by atoms with van der Waals surface area (Å²) in [6, 6.07) is 11.0. The van der Waals surface area contributed by atoms with Crippen LogP contribution in [0.5, 0.6) is 11.5 Å². The van der Waals surface area contributed by atoms with E-state index < -0.39 is 12.2 Å². The molecule has 0 bridgehead atoms. The Kier molecular flexibility index (Phi) is 3.57. The normalized spacial score (nSPS) is 14.3. The lowest BCUT2D eigenvalue weighted by molar-refractivity contribution is -0.286. The molecule has 2 heterocycles. The van der Waals surface area contributed by atoms with Crippen LogP contribution in [0.3, 0.4) is 0 Å². The van der Waals surface area contributed by atoms with E-state index in [1.165, 1.54) is 53.2 Å². The number of ether oxygens (including phenoxy) is 2. The average molecular weight is 361 g/mol. The summed E-state index contributed by atoms with van der Waals surface area (Å²) in [7, 11) is 0. The first-order valence-corrected chi connectivity index (χ1v) is 7.42. The molecule has 1 aliphatic rings. The highest BCUT2D eigenvalue weighted by atomic mass is 19.3. The van der Waals surface area contributed by atoms with E-state index in [9.17, 15) is 18.0 Å². The number of anilines is 1. The average Bonchev–Trinajstić information content (AvgIpc) is 3.18. The van der Waals surface area contributed by atoms with Gasteiger partial charge in [0.05, 0.1) is 5.69 Å². The van der Waals surface area contributed by atoms with Gasteiger partial charge < -0.3 is 14.8 Å². The minimum atomic E-state index is -3.72. The van der Waals surface area contributed by atoms with E-state index in [-0.39, 0.29) is 28.7 Å². The Morgan fingerprint density at radius 1 is 1.04 bits per heavy atom. The van der Waals surface area contributed by atoms with Crippen molar-refractivity contribution in [1.82, 2.24) is 9.78 Å². The van der Waals surface area contributed by atoms with Gasteiger partial charge in [-0.2, -0.15) is 5.10 Å². The summed E-state index contributed by atoms with van der Waals surface area (Å²) >= 11 is 0. The van der Waals surface area contributed by atoms with Crippen LogP contribution in [-0.2, 0) is 0 Å². The van der Waals surface area contributed by atoms with Crippen LogP contribution in [0, 0.1) is 5.82 Å². The Morgan fingerprint density at radius 3 is 2.54 bits per heavy atom. The van der Waals surface area contributed by atoms with Gasteiger partial charge in [0.15, 0.2) is 17.2 Å². The van der Waals surface area contributed by atoms with E-state index in [0.717, 1.165) is 0 Å². The predicted octanol–water partition coefficient (Wildman–Crippen LogP) is 3.59. The van der Waals surface area contributed by atoms with Crippen molar-refractivity contribution in [3.63, 3.8) is 0 Å². The number of carbonyl (C=O) groups excluding carboxylic acids is 1. The Hall–Kier alpha value is -3.49. The van der Waals surface area contributed by atoms with Crippen LogP contribution in [0.15, 0.2) is 54.7 Å². The minimum absolute atomic E-state index is 0.0947. The lowest BCUT2D eigenvalue weighted by atomic mass is 10.2. The van der Waals surface area contributed by atoms with Gasteiger partial charge in [-0.05, 0) is 42.5 Å². The van der Waals surface area contributed by atoms with Gasteiger partial charge in [-0.25, -0.2) is 9.07 Å². The second-order valence-electron chi connectivity index (χ2n) is 5.41. The molecule has 0 spiro atoms. The number of fused-ring (bicyclic) bond motifs is 1. The molecular weight excluding hydrogens is 351 g/mol. The van der Waals surface area contributed by atoms with E-state index >= 15 is 0 Å². The maximum Gasteiger partial charge on any atom is 0.586 e. The van der Waals surface area contributed by atoms with Gasteiger partial charge in [-0.1, -0.05) is 0 Å². The molecule has 132 valence electrons. The van der Waals surface area contributed by atoms with Crippen LogP contribution in [0.2, 0.25) is 0 Å². The summed E-state index contributed by atoms with van der Waals surface area (Å²) in [5.41, 5.74) is 0.916. The lowest BCUT2D eigenvalue weighted by Gasteiger charge is -2.05. The summed E-state index contributed by atoms with van der Waals surface area (Å²) in [4.78, 5) is 12.3. The van der Waals surface area contributed by atoms with Crippen molar-refractivity contribution >= 4 is 11.6 Å². The molecule has 0 radical (unpaired) electrons. The van der Waals surface area contributed by atoms with Crippen molar-refractivity contribution in [3.05, 3.63) is 66.2 Å². The Bertz CT molecular complexity index is 986. The first kappa shape index (κ1) is 16.0. The van der Waals surface area contributed by atoms with Crippen molar-refractivity contribution in [3.8, 4) is 17.2 Å². The van der Waals surface area contributed by atoms with Crippen LogP contribution in [-0.4, -0.2) is 22.0 Å². The molecular formula is C17H10F3N3O3. The second kappa shape index (κ2) is 5.80. The zero-order valence-corrected chi connectivity index (χ0v) is 12.9. The van der Waals surface area contributed by atoms with E-state index in [1.807, 2.05) is 0 Å². The van der Waals surface area contributed by atoms with E-state index in [1.54, 1.807) is 6.20 Å². The number of hydrogen-bond acceptors (Lipinski definition) is 4.